The van der Waals surface area contributed by atoms with Crippen molar-refractivity contribution in [1.29, 1.82) is 0 Å². The molecule has 0 aromatic heterocycles. The Morgan fingerprint density at radius 2 is 1.79 bits per heavy atom. The lowest BCUT2D eigenvalue weighted by Crippen LogP contribution is -2.01. The van der Waals surface area contributed by atoms with Crippen molar-refractivity contribution in [3.63, 3.8) is 0 Å². The Bertz CT molecular complexity index is 657. The van der Waals surface area contributed by atoms with Gasteiger partial charge in [0.25, 0.3) is 0 Å². The molecule has 2 aromatic rings. The Labute approximate surface area is 141 Å². The van der Waals surface area contributed by atoms with Gasteiger partial charge in [-0.3, -0.25) is 10.7 Å². The molecule has 0 fully saturated rings. The van der Waals surface area contributed by atoms with E-state index >= 15 is 0 Å². The van der Waals surface area contributed by atoms with Crippen LogP contribution in [0.3, 0.4) is 0 Å². The smallest absolute Gasteiger partial charge is 0.160 e. The van der Waals surface area contributed by atoms with Crippen LogP contribution in [-0.2, 0) is 6.42 Å². The third kappa shape index (κ3) is 5.17. The van der Waals surface area contributed by atoms with E-state index in [1.54, 1.807) is 14.2 Å². The molecule has 2 aromatic carbocycles. The highest BCUT2D eigenvalue weighted by molar-refractivity contribution is 5.59. The van der Waals surface area contributed by atoms with E-state index in [0.717, 1.165) is 35.8 Å². The van der Waals surface area contributed by atoms with E-state index in [0.29, 0.717) is 6.61 Å². The number of hydroxylamine groups is 1. The largest absolute Gasteiger partial charge is 0.494 e. The van der Waals surface area contributed by atoms with Gasteiger partial charge in [-0.05, 0) is 54.8 Å². The standard InChI is InChI=1S/C18H22N2O4/c1-22-17-10-5-14(12-18(17)23-2)4-3-11-24-16-8-6-15(7-9-16)19-13-20-21/h5-10,12-13,21H,3-4,11H2,1-2H3,(H,19,20). The number of hydrogen-bond acceptors (Lipinski definition) is 5. The Morgan fingerprint density at radius 1 is 1.04 bits per heavy atom. The lowest BCUT2D eigenvalue weighted by atomic mass is 10.1. The first-order chi connectivity index (χ1) is 11.8. The maximum atomic E-state index is 8.44. The predicted octanol–water partition coefficient (Wildman–Crippen LogP) is 3.35. The number of aliphatic imine (C=N–C) groups is 1. The van der Waals surface area contributed by atoms with E-state index in [2.05, 4.69) is 4.99 Å². The fourth-order valence-electron chi connectivity index (χ4n) is 2.23. The van der Waals surface area contributed by atoms with Gasteiger partial charge in [0.05, 0.1) is 26.5 Å². The number of methoxy groups -OCH3 is 2. The highest BCUT2D eigenvalue weighted by atomic mass is 16.5. The van der Waals surface area contributed by atoms with Gasteiger partial charge in [0, 0.05) is 0 Å². The first-order valence-corrected chi connectivity index (χ1v) is 7.62. The third-order valence-corrected chi connectivity index (χ3v) is 3.43. The molecule has 0 aliphatic carbocycles. The van der Waals surface area contributed by atoms with E-state index in [-0.39, 0.29) is 0 Å². The summed E-state index contributed by atoms with van der Waals surface area (Å²) in [5.41, 5.74) is 3.77. The summed E-state index contributed by atoms with van der Waals surface area (Å²) in [4.78, 5) is 3.97. The highest BCUT2D eigenvalue weighted by Gasteiger charge is 2.04. The van der Waals surface area contributed by atoms with Crippen LogP contribution in [0, 0.1) is 0 Å². The van der Waals surface area contributed by atoms with Crippen LogP contribution in [0.2, 0.25) is 0 Å². The minimum Gasteiger partial charge on any atom is -0.494 e. The van der Waals surface area contributed by atoms with Crippen molar-refractivity contribution < 1.29 is 19.4 Å². The van der Waals surface area contributed by atoms with Gasteiger partial charge in [-0.2, -0.15) is 0 Å². The molecule has 24 heavy (non-hydrogen) atoms. The molecule has 128 valence electrons. The van der Waals surface area contributed by atoms with E-state index in [1.165, 1.54) is 11.9 Å². The second kappa shape index (κ2) is 9.42. The second-order valence-corrected chi connectivity index (χ2v) is 5.02. The second-order valence-electron chi connectivity index (χ2n) is 5.02. The molecule has 0 aliphatic rings. The number of nitrogens with zero attached hydrogens (tertiary/aromatic N) is 1. The summed E-state index contributed by atoms with van der Waals surface area (Å²) in [7, 11) is 3.26. The topological polar surface area (TPSA) is 72.3 Å². The van der Waals surface area contributed by atoms with Crippen molar-refractivity contribution in [2.24, 2.45) is 4.99 Å². The van der Waals surface area contributed by atoms with Crippen LogP contribution < -0.4 is 19.7 Å². The Kier molecular flexibility index (Phi) is 6.91. The average molecular weight is 330 g/mol. The number of nitrogens with one attached hydrogen (secondary N) is 1. The van der Waals surface area contributed by atoms with Crippen LogP contribution >= 0.6 is 0 Å². The van der Waals surface area contributed by atoms with E-state index in [4.69, 9.17) is 19.4 Å². The molecule has 0 saturated heterocycles. The minimum absolute atomic E-state index is 0.620. The fourth-order valence-corrected chi connectivity index (χ4v) is 2.23. The molecule has 2 rings (SSSR count). The third-order valence-electron chi connectivity index (χ3n) is 3.43. The summed E-state index contributed by atoms with van der Waals surface area (Å²) in [6.07, 6.45) is 2.99. The van der Waals surface area contributed by atoms with Crippen molar-refractivity contribution in [1.82, 2.24) is 5.48 Å². The molecule has 6 heteroatoms. The first kappa shape index (κ1) is 17.6. The van der Waals surface area contributed by atoms with E-state index in [9.17, 15) is 0 Å². The molecule has 0 unspecified atom stereocenters. The highest BCUT2D eigenvalue weighted by Crippen LogP contribution is 2.28. The van der Waals surface area contributed by atoms with Crippen molar-refractivity contribution in [3.8, 4) is 17.2 Å². The van der Waals surface area contributed by atoms with Gasteiger partial charge in [0.2, 0.25) is 0 Å². The normalized spacial score (nSPS) is 10.6. The SMILES string of the molecule is COc1ccc(CCCOc2ccc(N=CNO)cc2)cc1OC. The van der Waals surface area contributed by atoms with Crippen LogP contribution in [0.4, 0.5) is 5.69 Å². The summed E-state index contributed by atoms with van der Waals surface area (Å²) >= 11 is 0. The molecule has 6 nitrogen and oxygen atoms in total. The van der Waals surface area contributed by atoms with Gasteiger partial charge in [0.15, 0.2) is 11.5 Å². The Balaban J connectivity index is 1.79. The maximum absolute atomic E-state index is 8.44. The van der Waals surface area contributed by atoms with Crippen LogP contribution in [0.1, 0.15) is 12.0 Å². The van der Waals surface area contributed by atoms with Crippen LogP contribution in [0.25, 0.3) is 0 Å². The van der Waals surface area contributed by atoms with Crippen molar-refractivity contribution in [2.45, 2.75) is 12.8 Å². The molecule has 0 bridgehead atoms. The summed E-state index contributed by atoms with van der Waals surface area (Å²) in [5, 5.41) is 8.44. The average Bonchev–Trinajstić information content (AvgIpc) is 2.64. The van der Waals surface area contributed by atoms with Gasteiger partial charge in [-0.15, -0.1) is 0 Å². The van der Waals surface area contributed by atoms with Crippen molar-refractivity contribution in [2.75, 3.05) is 20.8 Å². The monoisotopic (exact) mass is 330 g/mol. The van der Waals surface area contributed by atoms with Crippen LogP contribution in [0.5, 0.6) is 17.2 Å². The molecule has 2 N–H and O–H groups in total. The number of aryl methyl sites for hydroxylation is 1. The van der Waals surface area contributed by atoms with Gasteiger partial charge < -0.3 is 14.2 Å². The van der Waals surface area contributed by atoms with Crippen molar-refractivity contribution in [3.05, 3.63) is 48.0 Å². The zero-order valence-corrected chi connectivity index (χ0v) is 13.9. The van der Waals surface area contributed by atoms with Crippen LogP contribution in [0.15, 0.2) is 47.5 Å². The summed E-state index contributed by atoms with van der Waals surface area (Å²) in [6.45, 7) is 0.620. The maximum Gasteiger partial charge on any atom is 0.160 e. The number of benzene rings is 2. The van der Waals surface area contributed by atoms with E-state index in [1.807, 2.05) is 47.9 Å². The molecule has 0 radical (unpaired) electrons. The molecule has 0 spiro atoms. The van der Waals surface area contributed by atoms with Gasteiger partial charge >= 0.3 is 0 Å². The summed E-state index contributed by atoms with van der Waals surface area (Å²) < 4.78 is 16.3. The van der Waals surface area contributed by atoms with Gasteiger partial charge in [-0.25, -0.2) is 4.99 Å². The Morgan fingerprint density at radius 3 is 2.46 bits per heavy atom. The van der Waals surface area contributed by atoms with Crippen LogP contribution in [-0.4, -0.2) is 32.4 Å². The van der Waals surface area contributed by atoms with Gasteiger partial charge in [-0.1, -0.05) is 6.07 Å². The molecule has 0 amide bonds. The summed E-state index contributed by atoms with van der Waals surface area (Å²) in [6, 6.07) is 13.3. The fraction of sp³-hybridized carbons (Fsp3) is 0.278. The number of rotatable bonds is 9. The first-order valence-electron chi connectivity index (χ1n) is 7.62. The zero-order chi connectivity index (χ0) is 17.2. The molecular formula is C18H22N2O4. The molecule has 0 heterocycles. The quantitative estimate of drug-likeness (QED) is 0.319. The summed E-state index contributed by atoms with van der Waals surface area (Å²) in [5.74, 6) is 2.26. The zero-order valence-electron chi connectivity index (χ0n) is 13.9. The number of hydrogen-bond donors (Lipinski definition) is 2. The minimum atomic E-state index is 0.620. The molecule has 0 atom stereocenters. The molecule has 0 saturated carbocycles. The van der Waals surface area contributed by atoms with Crippen molar-refractivity contribution >= 4 is 12.0 Å². The molecule has 0 aliphatic heterocycles. The molecular weight excluding hydrogens is 308 g/mol. The lowest BCUT2D eigenvalue weighted by molar-refractivity contribution is 0.240. The van der Waals surface area contributed by atoms with E-state index < -0.39 is 0 Å². The number of ether oxygens (including phenoxy) is 3. The van der Waals surface area contributed by atoms with Gasteiger partial charge in [0.1, 0.15) is 12.1 Å². The predicted molar refractivity (Wildman–Crippen MR) is 92.9 cm³/mol. The lowest BCUT2D eigenvalue weighted by Gasteiger charge is -2.10. The Hall–Kier alpha value is -2.73.